The molecule has 0 radical (unpaired) electrons. The fraction of sp³-hybridized carbons (Fsp3) is 0.118. The van der Waals surface area contributed by atoms with E-state index in [1.165, 1.54) is 12.1 Å². The second kappa shape index (κ2) is 7.09. The fourth-order valence-corrected chi connectivity index (χ4v) is 2.88. The molecule has 1 aromatic heterocycles. The van der Waals surface area contributed by atoms with Crippen LogP contribution in [-0.4, -0.2) is 23.6 Å². The van der Waals surface area contributed by atoms with E-state index in [-0.39, 0.29) is 22.1 Å². The molecule has 0 bridgehead atoms. The highest BCUT2D eigenvalue weighted by Gasteiger charge is 2.27. The summed E-state index contributed by atoms with van der Waals surface area (Å²) < 4.78 is 37.3. The summed E-state index contributed by atoms with van der Waals surface area (Å²) in [4.78, 5) is 15.4. The SMILES string of the molecule is O=C(Nc1ccccc1NCC(F)(F)F)c1[nH]c2ccc(Cl)cc2c1Cl. The lowest BCUT2D eigenvalue weighted by Gasteiger charge is -2.14. The second-order valence-corrected chi connectivity index (χ2v) is 6.29. The lowest BCUT2D eigenvalue weighted by Crippen LogP contribution is -2.22. The second-order valence-electron chi connectivity index (χ2n) is 5.47. The number of carbonyl (C=O) groups excluding carboxylic acids is 1. The third kappa shape index (κ3) is 4.05. The van der Waals surface area contributed by atoms with Crippen molar-refractivity contribution < 1.29 is 18.0 Å². The number of benzene rings is 2. The minimum absolute atomic E-state index is 0.0922. The molecule has 26 heavy (non-hydrogen) atoms. The van der Waals surface area contributed by atoms with Gasteiger partial charge in [0, 0.05) is 15.9 Å². The third-order valence-electron chi connectivity index (χ3n) is 3.58. The number of halogens is 5. The van der Waals surface area contributed by atoms with Gasteiger partial charge in [-0.25, -0.2) is 0 Å². The molecular formula is C17H12Cl2F3N3O. The Bertz CT molecular complexity index is 970. The smallest absolute Gasteiger partial charge is 0.375 e. The number of anilines is 2. The number of alkyl halides is 3. The number of fused-ring (bicyclic) bond motifs is 1. The molecule has 1 heterocycles. The Morgan fingerprint density at radius 2 is 1.77 bits per heavy atom. The molecule has 3 rings (SSSR count). The number of para-hydroxylation sites is 2. The van der Waals surface area contributed by atoms with E-state index >= 15 is 0 Å². The summed E-state index contributed by atoms with van der Waals surface area (Å²) >= 11 is 12.2. The highest BCUT2D eigenvalue weighted by molar-refractivity contribution is 6.40. The summed E-state index contributed by atoms with van der Waals surface area (Å²) in [7, 11) is 0. The van der Waals surface area contributed by atoms with Crippen LogP contribution in [0.1, 0.15) is 10.5 Å². The van der Waals surface area contributed by atoms with Gasteiger partial charge in [-0.05, 0) is 30.3 Å². The first-order valence-corrected chi connectivity index (χ1v) is 8.18. The molecule has 0 saturated carbocycles. The summed E-state index contributed by atoms with van der Waals surface area (Å²) in [5.74, 6) is -0.580. The lowest BCUT2D eigenvalue weighted by atomic mass is 10.2. The Labute approximate surface area is 156 Å². The van der Waals surface area contributed by atoms with Crippen LogP contribution in [0.3, 0.4) is 0 Å². The molecule has 9 heteroatoms. The van der Waals surface area contributed by atoms with Crippen LogP contribution in [0.4, 0.5) is 24.5 Å². The summed E-state index contributed by atoms with van der Waals surface area (Å²) in [5.41, 5.74) is 1.06. The predicted octanol–water partition coefficient (Wildman–Crippen LogP) is 5.70. The summed E-state index contributed by atoms with van der Waals surface area (Å²) in [6.45, 7) is -1.22. The minimum Gasteiger partial charge on any atom is -0.375 e. The lowest BCUT2D eigenvalue weighted by molar-refractivity contribution is -0.115. The maximum atomic E-state index is 12.5. The van der Waals surface area contributed by atoms with Gasteiger partial charge in [-0.15, -0.1) is 0 Å². The zero-order valence-corrected chi connectivity index (χ0v) is 14.6. The largest absolute Gasteiger partial charge is 0.405 e. The van der Waals surface area contributed by atoms with Gasteiger partial charge in [0.25, 0.3) is 5.91 Å². The number of amides is 1. The van der Waals surface area contributed by atoms with Gasteiger partial charge in [0.2, 0.25) is 0 Å². The van der Waals surface area contributed by atoms with E-state index in [2.05, 4.69) is 15.6 Å². The van der Waals surface area contributed by atoms with Crippen LogP contribution in [0, 0.1) is 0 Å². The Balaban J connectivity index is 1.86. The number of rotatable bonds is 4. The quantitative estimate of drug-likeness (QED) is 0.524. The molecular weight excluding hydrogens is 390 g/mol. The van der Waals surface area contributed by atoms with Crippen molar-refractivity contribution in [1.29, 1.82) is 0 Å². The molecule has 0 spiro atoms. The van der Waals surface area contributed by atoms with Crippen molar-refractivity contribution in [3.63, 3.8) is 0 Å². The maximum Gasteiger partial charge on any atom is 0.405 e. The molecule has 0 aliphatic heterocycles. The normalized spacial score (nSPS) is 11.6. The Kier molecular flexibility index (Phi) is 5.02. The van der Waals surface area contributed by atoms with Crippen LogP contribution >= 0.6 is 23.2 Å². The molecule has 0 saturated heterocycles. The number of aromatic nitrogens is 1. The van der Waals surface area contributed by atoms with Crippen molar-refractivity contribution in [1.82, 2.24) is 4.98 Å². The van der Waals surface area contributed by atoms with Gasteiger partial charge in [0.05, 0.1) is 16.4 Å². The van der Waals surface area contributed by atoms with Crippen LogP contribution in [0.2, 0.25) is 10.0 Å². The molecule has 0 unspecified atom stereocenters. The zero-order valence-electron chi connectivity index (χ0n) is 13.0. The van der Waals surface area contributed by atoms with E-state index in [1.54, 1.807) is 30.3 Å². The number of hydrogen-bond donors (Lipinski definition) is 3. The van der Waals surface area contributed by atoms with E-state index in [0.717, 1.165) is 0 Å². The average molecular weight is 402 g/mol. The molecule has 0 aliphatic carbocycles. The van der Waals surface area contributed by atoms with Crippen LogP contribution in [-0.2, 0) is 0 Å². The van der Waals surface area contributed by atoms with E-state index in [4.69, 9.17) is 23.2 Å². The van der Waals surface area contributed by atoms with Gasteiger partial charge >= 0.3 is 6.18 Å². The Hall–Kier alpha value is -2.38. The number of H-pyrrole nitrogens is 1. The Morgan fingerprint density at radius 1 is 1.08 bits per heavy atom. The minimum atomic E-state index is -4.38. The third-order valence-corrected chi connectivity index (χ3v) is 4.21. The van der Waals surface area contributed by atoms with Crippen molar-refractivity contribution in [3.05, 3.63) is 58.2 Å². The highest BCUT2D eigenvalue weighted by atomic mass is 35.5. The van der Waals surface area contributed by atoms with Crippen molar-refractivity contribution in [2.75, 3.05) is 17.2 Å². The van der Waals surface area contributed by atoms with Crippen molar-refractivity contribution >= 4 is 51.4 Å². The number of carbonyl (C=O) groups is 1. The topological polar surface area (TPSA) is 56.9 Å². The van der Waals surface area contributed by atoms with Gasteiger partial charge in [0.15, 0.2) is 0 Å². The predicted molar refractivity (Wildman–Crippen MR) is 97.3 cm³/mol. The molecule has 0 aliphatic rings. The van der Waals surface area contributed by atoms with Crippen molar-refractivity contribution in [3.8, 4) is 0 Å². The number of nitrogens with one attached hydrogen (secondary N) is 3. The van der Waals surface area contributed by atoms with Crippen LogP contribution < -0.4 is 10.6 Å². The Morgan fingerprint density at radius 3 is 2.46 bits per heavy atom. The van der Waals surface area contributed by atoms with E-state index in [9.17, 15) is 18.0 Å². The first-order valence-electron chi connectivity index (χ1n) is 7.42. The zero-order chi connectivity index (χ0) is 18.9. The van der Waals surface area contributed by atoms with E-state index < -0.39 is 18.6 Å². The van der Waals surface area contributed by atoms with E-state index in [1.807, 2.05) is 0 Å². The highest BCUT2D eigenvalue weighted by Crippen LogP contribution is 2.31. The van der Waals surface area contributed by atoms with Crippen LogP contribution in [0.15, 0.2) is 42.5 Å². The van der Waals surface area contributed by atoms with Crippen LogP contribution in [0.25, 0.3) is 10.9 Å². The molecule has 2 aromatic carbocycles. The van der Waals surface area contributed by atoms with Crippen LogP contribution in [0.5, 0.6) is 0 Å². The summed E-state index contributed by atoms with van der Waals surface area (Å²) in [6, 6.07) is 11.0. The molecule has 1 amide bonds. The van der Waals surface area contributed by atoms with Crippen molar-refractivity contribution in [2.45, 2.75) is 6.18 Å². The maximum absolute atomic E-state index is 12.5. The summed E-state index contributed by atoms with van der Waals surface area (Å²) in [5, 5.41) is 6.04. The van der Waals surface area contributed by atoms with Crippen molar-refractivity contribution in [2.24, 2.45) is 0 Å². The van der Waals surface area contributed by atoms with E-state index in [0.29, 0.717) is 15.9 Å². The van der Waals surface area contributed by atoms with Gasteiger partial charge in [-0.3, -0.25) is 4.79 Å². The van der Waals surface area contributed by atoms with Gasteiger partial charge in [-0.1, -0.05) is 35.3 Å². The first-order chi connectivity index (χ1) is 12.2. The summed E-state index contributed by atoms with van der Waals surface area (Å²) in [6.07, 6.45) is -4.38. The van der Waals surface area contributed by atoms with Gasteiger partial charge < -0.3 is 15.6 Å². The number of aromatic amines is 1. The first kappa shape index (κ1) is 18.4. The molecule has 4 nitrogen and oxygen atoms in total. The molecule has 0 atom stereocenters. The standard InChI is InChI=1S/C17H12Cl2F3N3O/c18-9-5-6-11-10(7-9)14(19)15(24-11)16(26)25-13-4-2-1-3-12(13)23-8-17(20,21)22/h1-7,23-24H,8H2,(H,25,26). The van der Waals surface area contributed by atoms with Gasteiger partial charge in [-0.2, -0.15) is 13.2 Å². The monoisotopic (exact) mass is 401 g/mol. The number of hydrogen-bond acceptors (Lipinski definition) is 2. The molecule has 3 N–H and O–H groups in total. The molecule has 3 aromatic rings. The van der Waals surface area contributed by atoms with Gasteiger partial charge in [0.1, 0.15) is 12.2 Å². The molecule has 136 valence electrons. The molecule has 0 fully saturated rings. The average Bonchev–Trinajstić information content (AvgIpc) is 2.90. The fourth-order valence-electron chi connectivity index (χ4n) is 2.41.